The van der Waals surface area contributed by atoms with Crippen LogP contribution in [0.25, 0.3) is 67.0 Å². The molecule has 2 heterocycles. The molecule has 0 unspecified atom stereocenters. The first-order valence-electron chi connectivity index (χ1n) is 35.9. The molecule has 4 saturated carbocycles. The van der Waals surface area contributed by atoms with Gasteiger partial charge in [-0.25, -0.2) is 0 Å². The molecule has 14 rings (SSSR count). The molecule has 6 aliphatic rings. The number of rotatable bonds is 24. The molecule has 3 heteroatoms. The molecule has 0 aliphatic heterocycles. The summed E-state index contributed by atoms with van der Waals surface area (Å²) < 4.78 is 0. The van der Waals surface area contributed by atoms with Gasteiger partial charge in [-0.3, -0.25) is 4.98 Å². The van der Waals surface area contributed by atoms with E-state index in [-0.39, 0.29) is 32.9 Å². The number of aryl methyl sites for hydroxylation is 4. The van der Waals surface area contributed by atoms with Gasteiger partial charge in [0.15, 0.2) is 0 Å². The van der Waals surface area contributed by atoms with Gasteiger partial charge < -0.3 is 4.98 Å². The summed E-state index contributed by atoms with van der Waals surface area (Å²) in [6, 6.07) is 58.2. The zero-order chi connectivity index (χ0) is 60.0. The molecule has 0 amide bonds. The minimum Gasteiger partial charge on any atom is -0.304 e. The van der Waals surface area contributed by atoms with Crippen LogP contribution in [0.1, 0.15) is 259 Å². The zero-order valence-electron chi connectivity index (χ0n) is 54.8. The van der Waals surface area contributed by atoms with E-state index in [1.54, 1.807) is 22.3 Å². The van der Waals surface area contributed by atoms with Gasteiger partial charge in [-0.05, 0) is 193 Å². The fraction of sp³-hybridized carbons (Fsp3) is 0.471. The number of hydrogen-bond donors (Lipinski definition) is 0. The molecular formula is C87H105IrN2-. The van der Waals surface area contributed by atoms with Crippen LogP contribution in [0.3, 0.4) is 0 Å². The van der Waals surface area contributed by atoms with Crippen LogP contribution in [-0.4, -0.2) is 9.97 Å². The number of aromatic nitrogens is 2. The molecule has 2 nitrogen and oxygen atoms in total. The second kappa shape index (κ2) is 29.5. The Hall–Kier alpha value is -5.73. The first kappa shape index (κ1) is 65.8. The number of pyridine rings is 2. The summed E-state index contributed by atoms with van der Waals surface area (Å²) in [6.07, 6.45) is 46.0. The molecular weight excluding hydrogens is 1270 g/mol. The van der Waals surface area contributed by atoms with Gasteiger partial charge in [0.05, 0.1) is 5.69 Å². The van der Waals surface area contributed by atoms with E-state index in [2.05, 4.69) is 186 Å². The number of unbranched alkanes of at least 4 members (excludes halogenated alkanes) is 12. The van der Waals surface area contributed by atoms with E-state index in [9.17, 15) is 0 Å². The topological polar surface area (TPSA) is 25.8 Å². The third kappa shape index (κ3) is 12.5. The van der Waals surface area contributed by atoms with Crippen LogP contribution in [0.2, 0.25) is 0 Å². The van der Waals surface area contributed by atoms with Gasteiger partial charge in [-0.2, -0.15) is 0 Å². The smallest absolute Gasteiger partial charge is 0.0702 e. The van der Waals surface area contributed by atoms with E-state index < -0.39 is 0 Å². The Kier molecular flexibility index (Phi) is 21.5. The van der Waals surface area contributed by atoms with Crippen LogP contribution in [0, 0.1) is 6.07 Å². The van der Waals surface area contributed by atoms with Gasteiger partial charge in [0.1, 0.15) is 0 Å². The van der Waals surface area contributed by atoms with Gasteiger partial charge >= 0.3 is 0 Å². The third-order valence-corrected chi connectivity index (χ3v) is 23.3. The van der Waals surface area contributed by atoms with E-state index in [1.807, 2.05) is 0 Å². The van der Waals surface area contributed by atoms with Gasteiger partial charge in [0.2, 0.25) is 0 Å². The van der Waals surface area contributed by atoms with E-state index in [1.165, 1.54) is 278 Å². The maximum absolute atomic E-state index is 5.12. The average Bonchev–Trinajstić information content (AvgIpc) is 1.49. The predicted molar refractivity (Wildman–Crippen MR) is 380 cm³/mol. The minimum absolute atomic E-state index is 0. The number of nitrogens with zero attached hydrogens (tertiary/aromatic N) is 2. The summed E-state index contributed by atoms with van der Waals surface area (Å²) in [5.74, 6) is 0. The Morgan fingerprint density at radius 3 is 1.11 bits per heavy atom. The molecule has 0 spiro atoms. The average molecular weight is 1370 g/mol. The van der Waals surface area contributed by atoms with Crippen molar-refractivity contribution in [3.8, 4) is 67.0 Å². The molecule has 6 aliphatic carbocycles. The van der Waals surface area contributed by atoms with Crippen LogP contribution in [0.5, 0.6) is 0 Å². The summed E-state index contributed by atoms with van der Waals surface area (Å²) in [7, 11) is 0. The summed E-state index contributed by atoms with van der Waals surface area (Å²) in [5, 5.41) is 0. The van der Waals surface area contributed by atoms with Crippen LogP contribution >= 0.6 is 0 Å². The summed E-state index contributed by atoms with van der Waals surface area (Å²) in [5.41, 5.74) is 29.2. The molecule has 0 bridgehead atoms. The monoisotopic (exact) mass is 1370 g/mol. The second-order valence-corrected chi connectivity index (χ2v) is 28.5. The Morgan fingerprint density at radius 1 is 0.333 bits per heavy atom. The van der Waals surface area contributed by atoms with E-state index >= 15 is 0 Å². The maximum Gasteiger partial charge on any atom is 0.0702 e. The molecule has 8 aromatic rings. The van der Waals surface area contributed by atoms with Crippen LogP contribution in [0.15, 0.2) is 152 Å². The van der Waals surface area contributed by atoms with E-state index in [0.29, 0.717) is 16.2 Å². The van der Waals surface area contributed by atoms with E-state index in [4.69, 9.17) is 9.97 Å². The van der Waals surface area contributed by atoms with Crippen molar-refractivity contribution in [2.24, 2.45) is 0 Å². The summed E-state index contributed by atoms with van der Waals surface area (Å²) in [6.45, 7) is 9.18. The normalized spacial score (nSPS) is 21.0. The Balaban J connectivity index is 0.000000181. The Morgan fingerprint density at radius 2 is 0.700 bits per heavy atom. The standard InChI is InChI=1S/C43H51N.C43H50N.CH4.Ir/c2*1-3-5-7-9-15-32-27-33(16-10-8-6-4-2)29-36(28-32)35-20-22-41(44-31-35)34-19-21-38-37-17-11-12-18-39(37)42-23-13-25-43(42,26-14-24-42)40(38)30-34;;/h11-12,17-22,27-31H,3-10,13-16,23-26H2,1-2H3;11-12,17-18,20-22,27-31H,3-10,13-16,23-26H2,1-2H3;1H4;/q;-1;;. The first-order chi connectivity index (χ1) is 43.3. The summed E-state index contributed by atoms with van der Waals surface area (Å²) >= 11 is 0. The molecule has 0 N–H and O–H groups in total. The molecule has 0 atom stereocenters. The van der Waals surface area contributed by atoms with Crippen molar-refractivity contribution in [1.82, 2.24) is 9.97 Å². The van der Waals surface area contributed by atoms with Crippen LogP contribution < -0.4 is 0 Å². The van der Waals surface area contributed by atoms with Crippen molar-refractivity contribution in [3.63, 3.8) is 0 Å². The van der Waals surface area contributed by atoms with Crippen molar-refractivity contribution in [2.45, 2.75) is 262 Å². The largest absolute Gasteiger partial charge is 0.304 e. The molecule has 2 aromatic heterocycles. The van der Waals surface area contributed by atoms with Gasteiger partial charge in [-0.1, -0.05) is 264 Å². The number of benzene rings is 6. The molecule has 1 radical (unpaired) electrons. The zero-order valence-corrected chi connectivity index (χ0v) is 57.2. The number of hydrogen-bond acceptors (Lipinski definition) is 2. The molecule has 90 heavy (non-hydrogen) atoms. The molecule has 6 aromatic carbocycles. The maximum atomic E-state index is 5.12. The predicted octanol–water partition coefficient (Wildman–Crippen LogP) is 24.8. The van der Waals surface area contributed by atoms with E-state index in [0.717, 1.165) is 17.0 Å². The fourth-order valence-electron chi connectivity index (χ4n) is 19.1. The first-order valence-corrected chi connectivity index (χ1v) is 35.9. The van der Waals surface area contributed by atoms with Gasteiger partial charge in [0.25, 0.3) is 0 Å². The Bertz CT molecular complexity index is 3350. The SMILES string of the molecule is C.CCCCCCc1cc(CCCCCC)cc(-c2ccc(-c3[c-]cc4c(c3)C35CCCC3(CCC5)c3ccccc3-4)nc2)c1.CCCCCCc1cc(CCCCCC)cc(-c2ccc(-c3ccc4c(c3)C35CCCC3(CCC5)c3ccccc3-4)nc2)c1.[Ir]. The van der Waals surface area contributed by atoms with Crippen molar-refractivity contribution in [2.75, 3.05) is 0 Å². The third-order valence-electron chi connectivity index (χ3n) is 23.3. The second-order valence-electron chi connectivity index (χ2n) is 28.5. The van der Waals surface area contributed by atoms with Gasteiger partial charge in [0, 0.05) is 59.9 Å². The molecule has 473 valence electrons. The van der Waals surface area contributed by atoms with Gasteiger partial charge in [-0.15, -0.1) is 29.3 Å². The number of fused-ring (bicyclic) bond motifs is 6. The van der Waals surface area contributed by atoms with Crippen LogP contribution in [0.4, 0.5) is 0 Å². The molecule has 4 fully saturated rings. The summed E-state index contributed by atoms with van der Waals surface area (Å²) in [4.78, 5) is 10.2. The van der Waals surface area contributed by atoms with Crippen molar-refractivity contribution < 1.29 is 20.1 Å². The quantitative estimate of drug-likeness (QED) is 0.0445. The molecule has 0 saturated heterocycles. The Labute approximate surface area is 558 Å². The van der Waals surface area contributed by atoms with Crippen LogP contribution in [-0.2, 0) is 67.4 Å². The van der Waals surface area contributed by atoms with Crippen molar-refractivity contribution in [1.29, 1.82) is 0 Å². The minimum atomic E-state index is 0. The fourth-order valence-corrected chi connectivity index (χ4v) is 19.1. The van der Waals surface area contributed by atoms with Crippen molar-refractivity contribution in [3.05, 3.63) is 202 Å². The van der Waals surface area contributed by atoms with Crippen molar-refractivity contribution >= 4 is 0 Å².